The second-order valence-electron chi connectivity index (χ2n) is 7.33. The minimum atomic E-state index is -3.34. The molecule has 0 bridgehead atoms. The summed E-state index contributed by atoms with van der Waals surface area (Å²) in [6.07, 6.45) is 5.29. The third-order valence-electron chi connectivity index (χ3n) is 4.35. The standard InChI is InChI=1S/C17H28N5O4P/c1-11(2)25-27(23,26-12(3)4)10-24-14-7-5-6-13(14)22-9-21-15-16(18)19-8-20-17(15)22/h8-9,11-14H,5-7,10H2,1-4H3,(H2,18,19,20)/t13-,14-/m1/s1. The number of aromatic nitrogens is 4. The lowest BCUT2D eigenvalue weighted by atomic mass is 10.2. The molecule has 0 aliphatic heterocycles. The van der Waals surface area contributed by atoms with Gasteiger partial charge in [-0.1, -0.05) is 0 Å². The molecule has 2 heterocycles. The van der Waals surface area contributed by atoms with Gasteiger partial charge in [0.15, 0.2) is 11.5 Å². The topological polar surface area (TPSA) is 114 Å². The van der Waals surface area contributed by atoms with Crippen LogP contribution in [0.3, 0.4) is 0 Å². The van der Waals surface area contributed by atoms with Crippen molar-refractivity contribution in [3.05, 3.63) is 12.7 Å². The first-order valence-electron chi connectivity index (χ1n) is 9.29. The molecule has 0 saturated heterocycles. The molecule has 0 aromatic carbocycles. The fourth-order valence-electron chi connectivity index (χ4n) is 3.45. The van der Waals surface area contributed by atoms with Crippen molar-refractivity contribution in [2.75, 3.05) is 12.1 Å². The Labute approximate surface area is 159 Å². The van der Waals surface area contributed by atoms with Gasteiger partial charge in [-0.05, 0) is 47.0 Å². The number of hydrogen-bond acceptors (Lipinski definition) is 8. The van der Waals surface area contributed by atoms with Crippen LogP contribution in [0.2, 0.25) is 0 Å². The van der Waals surface area contributed by atoms with Gasteiger partial charge in [0.2, 0.25) is 0 Å². The molecule has 0 radical (unpaired) electrons. The molecule has 1 aliphatic rings. The van der Waals surface area contributed by atoms with Crippen LogP contribution in [0.25, 0.3) is 11.2 Å². The van der Waals surface area contributed by atoms with Crippen LogP contribution in [0.5, 0.6) is 0 Å². The lowest BCUT2D eigenvalue weighted by molar-refractivity contribution is 0.0369. The fraction of sp³-hybridized carbons (Fsp3) is 0.706. The molecule has 2 aromatic rings. The lowest BCUT2D eigenvalue weighted by Gasteiger charge is -2.26. The summed E-state index contributed by atoms with van der Waals surface area (Å²) >= 11 is 0. The van der Waals surface area contributed by atoms with Gasteiger partial charge in [0, 0.05) is 0 Å². The summed E-state index contributed by atoms with van der Waals surface area (Å²) in [6.45, 7) is 7.32. The second-order valence-corrected chi connectivity index (χ2v) is 9.24. The van der Waals surface area contributed by atoms with Gasteiger partial charge < -0.3 is 24.1 Å². The van der Waals surface area contributed by atoms with Crippen molar-refractivity contribution in [3.63, 3.8) is 0 Å². The SMILES string of the molecule is CC(C)OP(=O)(CO[C@@H]1CCC[C@H]1n1cnc2c(N)ncnc21)OC(C)C. The monoisotopic (exact) mass is 397 g/mol. The van der Waals surface area contributed by atoms with E-state index in [0.717, 1.165) is 19.3 Å². The number of fused-ring (bicyclic) bond motifs is 1. The summed E-state index contributed by atoms with van der Waals surface area (Å²) in [4.78, 5) is 12.6. The zero-order chi connectivity index (χ0) is 19.6. The summed E-state index contributed by atoms with van der Waals surface area (Å²) in [5.74, 6) is 0.356. The maximum atomic E-state index is 13.0. The number of anilines is 1. The van der Waals surface area contributed by atoms with Crippen molar-refractivity contribution >= 4 is 24.6 Å². The van der Waals surface area contributed by atoms with Gasteiger partial charge in [-0.2, -0.15) is 0 Å². The van der Waals surface area contributed by atoms with Crippen molar-refractivity contribution in [1.82, 2.24) is 19.5 Å². The van der Waals surface area contributed by atoms with Crippen molar-refractivity contribution in [2.45, 2.75) is 71.3 Å². The Morgan fingerprint density at radius 1 is 1.19 bits per heavy atom. The Hall–Kier alpha value is -1.54. The minimum Gasteiger partial charge on any atom is -0.382 e. The van der Waals surface area contributed by atoms with E-state index >= 15 is 0 Å². The lowest BCUT2D eigenvalue weighted by Crippen LogP contribution is -2.23. The number of imidazole rings is 1. The highest BCUT2D eigenvalue weighted by molar-refractivity contribution is 7.53. The summed E-state index contributed by atoms with van der Waals surface area (Å²) < 4.78 is 32.2. The van der Waals surface area contributed by atoms with E-state index in [1.165, 1.54) is 6.33 Å². The first-order chi connectivity index (χ1) is 12.8. The predicted octanol–water partition coefficient (Wildman–Crippen LogP) is 3.52. The molecule has 150 valence electrons. The van der Waals surface area contributed by atoms with E-state index in [1.807, 2.05) is 32.3 Å². The molecule has 1 aliphatic carbocycles. The van der Waals surface area contributed by atoms with E-state index in [-0.39, 0.29) is 30.7 Å². The number of hydrogen-bond donors (Lipinski definition) is 1. The van der Waals surface area contributed by atoms with E-state index in [4.69, 9.17) is 19.5 Å². The minimum absolute atomic E-state index is 0.0378. The molecule has 9 nitrogen and oxygen atoms in total. The third-order valence-corrected chi connectivity index (χ3v) is 6.30. The molecule has 0 spiro atoms. The first kappa shape index (κ1) is 20.2. The smallest absolute Gasteiger partial charge is 0.356 e. The van der Waals surface area contributed by atoms with Crippen LogP contribution in [-0.4, -0.2) is 44.2 Å². The second kappa shape index (κ2) is 8.22. The van der Waals surface area contributed by atoms with Gasteiger partial charge in [0.25, 0.3) is 0 Å². The van der Waals surface area contributed by atoms with Crippen LogP contribution in [0, 0.1) is 0 Å². The molecule has 0 amide bonds. The zero-order valence-corrected chi connectivity index (χ0v) is 17.1. The molecular weight excluding hydrogens is 369 g/mol. The van der Waals surface area contributed by atoms with Crippen molar-refractivity contribution in [2.24, 2.45) is 0 Å². The Kier molecular flexibility index (Phi) is 6.15. The van der Waals surface area contributed by atoms with E-state index in [1.54, 1.807) is 6.33 Å². The predicted molar refractivity (Wildman–Crippen MR) is 102 cm³/mol. The summed E-state index contributed by atoms with van der Waals surface area (Å²) in [5.41, 5.74) is 7.15. The average Bonchev–Trinajstić information content (AvgIpc) is 3.18. The highest BCUT2D eigenvalue weighted by atomic mass is 31.2. The highest BCUT2D eigenvalue weighted by Gasteiger charge is 2.35. The molecule has 2 atom stereocenters. The zero-order valence-electron chi connectivity index (χ0n) is 16.2. The largest absolute Gasteiger partial charge is 0.382 e. The van der Waals surface area contributed by atoms with E-state index in [0.29, 0.717) is 17.0 Å². The number of ether oxygens (including phenoxy) is 1. The molecule has 2 aromatic heterocycles. The molecule has 1 saturated carbocycles. The van der Waals surface area contributed by atoms with Crippen LogP contribution in [0.1, 0.15) is 53.0 Å². The maximum Gasteiger partial charge on any atom is 0.356 e. The van der Waals surface area contributed by atoms with Crippen molar-refractivity contribution in [3.8, 4) is 0 Å². The van der Waals surface area contributed by atoms with Crippen LogP contribution in [0.15, 0.2) is 12.7 Å². The molecule has 3 rings (SSSR count). The third kappa shape index (κ3) is 4.66. The molecule has 2 N–H and O–H groups in total. The van der Waals surface area contributed by atoms with Gasteiger partial charge in [-0.15, -0.1) is 0 Å². The van der Waals surface area contributed by atoms with Crippen molar-refractivity contribution < 1.29 is 18.3 Å². The summed E-state index contributed by atoms with van der Waals surface area (Å²) in [5, 5.41) is 0. The summed E-state index contributed by atoms with van der Waals surface area (Å²) in [6, 6.07) is 0.0378. The number of nitrogen functional groups attached to an aromatic ring is 1. The quantitative estimate of drug-likeness (QED) is 0.673. The van der Waals surface area contributed by atoms with Gasteiger partial charge in [0.1, 0.15) is 18.2 Å². The number of rotatable bonds is 8. The molecule has 0 unspecified atom stereocenters. The van der Waals surface area contributed by atoms with Crippen LogP contribution >= 0.6 is 7.60 Å². The van der Waals surface area contributed by atoms with Gasteiger partial charge in [-0.25, -0.2) is 15.0 Å². The molecular formula is C17H28N5O4P. The highest BCUT2D eigenvalue weighted by Crippen LogP contribution is 2.51. The van der Waals surface area contributed by atoms with E-state index < -0.39 is 7.60 Å². The molecule has 10 heteroatoms. The van der Waals surface area contributed by atoms with Crippen LogP contribution in [0.4, 0.5) is 5.82 Å². The average molecular weight is 397 g/mol. The van der Waals surface area contributed by atoms with Crippen molar-refractivity contribution in [1.29, 1.82) is 0 Å². The Morgan fingerprint density at radius 3 is 2.56 bits per heavy atom. The molecule has 27 heavy (non-hydrogen) atoms. The fourth-order valence-corrected chi connectivity index (χ4v) is 5.28. The Balaban J connectivity index is 1.76. The van der Waals surface area contributed by atoms with Gasteiger partial charge in [0.05, 0.1) is 30.7 Å². The number of nitrogens with zero attached hydrogens (tertiary/aromatic N) is 4. The van der Waals surface area contributed by atoms with E-state index in [2.05, 4.69) is 15.0 Å². The summed E-state index contributed by atoms with van der Waals surface area (Å²) in [7, 11) is -3.34. The van der Waals surface area contributed by atoms with E-state index in [9.17, 15) is 4.57 Å². The van der Waals surface area contributed by atoms with Crippen LogP contribution < -0.4 is 5.73 Å². The first-order valence-corrected chi connectivity index (χ1v) is 11.0. The number of nitrogens with two attached hydrogens (primary N) is 1. The van der Waals surface area contributed by atoms with Gasteiger partial charge >= 0.3 is 7.60 Å². The Morgan fingerprint density at radius 2 is 1.89 bits per heavy atom. The van der Waals surface area contributed by atoms with Crippen LogP contribution in [-0.2, 0) is 18.3 Å². The Bertz CT molecular complexity index is 811. The normalized spacial score (nSPS) is 21.0. The van der Waals surface area contributed by atoms with Gasteiger partial charge in [-0.3, -0.25) is 4.57 Å². The molecule has 1 fully saturated rings. The maximum absolute atomic E-state index is 13.0.